The number of alkyl halides is 3. The number of hydrogen-bond acceptors (Lipinski definition) is 4. The van der Waals surface area contributed by atoms with E-state index >= 15 is 0 Å². The molecule has 0 aliphatic rings. The molecule has 116 valence electrons. The van der Waals surface area contributed by atoms with Crippen LogP contribution in [0.1, 0.15) is 23.7 Å². The highest BCUT2D eigenvalue weighted by atomic mass is 19.4. The van der Waals surface area contributed by atoms with Gasteiger partial charge in [0.1, 0.15) is 11.8 Å². The molecule has 1 amide bonds. The molecule has 0 spiro atoms. The first-order chi connectivity index (χ1) is 9.64. The minimum atomic E-state index is -4.91. The normalized spacial score (nSPS) is 12.6. The molecule has 1 aromatic rings. The lowest BCUT2D eigenvalue weighted by atomic mass is 10.1. The highest BCUT2D eigenvalue weighted by Gasteiger charge is 2.31. The van der Waals surface area contributed by atoms with Gasteiger partial charge in [-0.3, -0.25) is 4.79 Å². The lowest BCUT2D eigenvalue weighted by Gasteiger charge is -2.17. The Balaban J connectivity index is 3.10. The number of aliphatic carboxylic acids is 1. The minimum absolute atomic E-state index is 0.0197. The predicted octanol–water partition coefficient (Wildman–Crippen LogP) is 1.96. The number of hydrogen-bond donors (Lipinski definition) is 3. The number of nitrogens with two attached hydrogens (primary N) is 1. The highest BCUT2D eigenvalue weighted by molar-refractivity contribution is 5.99. The topological polar surface area (TPSA) is 102 Å². The first kappa shape index (κ1) is 16.6. The summed E-state index contributed by atoms with van der Waals surface area (Å²) in [6.07, 6.45) is -4.70. The third kappa shape index (κ3) is 4.86. The Bertz CT molecular complexity index is 546. The van der Waals surface area contributed by atoms with Crippen LogP contribution in [0.5, 0.6) is 5.75 Å². The lowest BCUT2D eigenvalue weighted by Crippen LogP contribution is -2.29. The molecule has 1 atom stereocenters. The molecule has 1 aromatic carbocycles. The number of anilines is 1. The SMILES string of the molecule is CCC(Nc1ccc(OC(F)(F)F)cc1C(N)=O)C(=O)O. The molecule has 21 heavy (non-hydrogen) atoms. The Kier molecular flexibility index (Phi) is 5.01. The second-order valence-electron chi connectivity index (χ2n) is 4.06. The number of rotatable bonds is 6. The Morgan fingerprint density at radius 2 is 2.05 bits per heavy atom. The summed E-state index contributed by atoms with van der Waals surface area (Å²) in [5, 5.41) is 11.5. The zero-order valence-corrected chi connectivity index (χ0v) is 10.9. The first-order valence-electron chi connectivity index (χ1n) is 5.83. The molecule has 4 N–H and O–H groups in total. The van der Waals surface area contributed by atoms with Crippen molar-refractivity contribution in [2.45, 2.75) is 25.7 Å². The van der Waals surface area contributed by atoms with Crippen LogP contribution in [0.4, 0.5) is 18.9 Å². The third-order valence-electron chi connectivity index (χ3n) is 2.53. The van der Waals surface area contributed by atoms with Crippen molar-refractivity contribution in [3.63, 3.8) is 0 Å². The van der Waals surface area contributed by atoms with Crippen molar-refractivity contribution >= 4 is 17.6 Å². The zero-order valence-electron chi connectivity index (χ0n) is 10.9. The molecule has 0 aromatic heterocycles. The molecular formula is C12H13F3N2O4. The molecule has 0 saturated heterocycles. The molecule has 0 radical (unpaired) electrons. The van der Waals surface area contributed by atoms with E-state index in [2.05, 4.69) is 10.1 Å². The van der Waals surface area contributed by atoms with Crippen molar-refractivity contribution in [1.29, 1.82) is 0 Å². The Hall–Kier alpha value is -2.45. The summed E-state index contributed by atoms with van der Waals surface area (Å²) in [4.78, 5) is 22.2. The van der Waals surface area contributed by atoms with Crippen LogP contribution in [-0.2, 0) is 4.79 Å². The molecule has 6 nitrogen and oxygen atoms in total. The van der Waals surface area contributed by atoms with Gasteiger partial charge in [-0.1, -0.05) is 6.92 Å². The largest absolute Gasteiger partial charge is 0.573 e. The lowest BCUT2D eigenvalue weighted by molar-refractivity contribution is -0.274. The van der Waals surface area contributed by atoms with Crippen molar-refractivity contribution in [1.82, 2.24) is 0 Å². The summed E-state index contributed by atoms with van der Waals surface area (Å²) in [5.74, 6) is -2.79. The number of benzene rings is 1. The van der Waals surface area contributed by atoms with Crippen molar-refractivity contribution in [3.8, 4) is 5.75 Å². The van der Waals surface area contributed by atoms with Gasteiger partial charge >= 0.3 is 12.3 Å². The number of nitrogens with one attached hydrogen (secondary N) is 1. The fourth-order valence-electron chi connectivity index (χ4n) is 1.58. The van der Waals surface area contributed by atoms with E-state index in [1.165, 1.54) is 0 Å². The summed E-state index contributed by atoms with van der Waals surface area (Å²) < 4.78 is 40.0. The van der Waals surface area contributed by atoms with Crippen LogP contribution >= 0.6 is 0 Å². The van der Waals surface area contributed by atoms with Crippen molar-refractivity contribution in [2.24, 2.45) is 5.73 Å². The van der Waals surface area contributed by atoms with Crippen LogP contribution in [0, 0.1) is 0 Å². The average molecular weight is 306 g/mol. The van der Waals surface area contributed by atoms with E-state index < -0.39 is 30.0 Å². The van der Waals surface area contributed by atoms with Gasteiger partial charge in [0.05, 0.1) is 5.56 Å². The summed E-state index contributed by atoms with van der Waals surface area (Å²) >= 11 is 0. The second-order valence-corrected chi connectivity index (χ2v) is 4.06. The summed E-state index contributed by atoms with van der Waals surface area (Å²) in [6, 6.07) is 1.86. The number of primary amides is 1. The fraction of sp³-hybridized carbons (Fsp3) is 0.333. The van der Waals surface area contributed by atoms with Crippen LogP contribution in [0.2, 0.25) is 0 Å². The number of carbonyl (C=O) groups is 2. The summed E-state index contributed by atoms with van der Waals surface area (Å²) in [7, 11) is 0. The molecule has 9 heteroatoms. The summed E-state index contributed by atoms with van der Waals surface area (Å²) in [5.41, 5.74) is 4.80. The maximum atomic E-state index is 12.1. The Morgan fingerprint density at radius 3 is 2.48 bits per heavy atom. The predicted molar refractivity (Wildman–Crippen MR) is 67.0 cm³/mol. The number of ether oxygens (including phenoxy) is 1. The van der Waals surface area contributed by atoms with Gasteiger partial charge in [-0.2, -0.15) is 0 Å². The van der Waals surface area contributed by atoms with Crippen LogP contribution in [0.3, 0.4) is 0 Å². The van der Waals surface area contributed by atoms with Crippen molar-refractivity contribution in [2.75, 3.05) is 5.32 Å². The molecule has 0 aliphatic heterocycles. The highest BCUT2D eigenvalue weighted by Crippen LogP contribution is 2.27. The molecule has 0 fully saturated rings. The van der Waals surface area contributed by atoms with Gasteiger partial charge in [-0.15, -0.1) is 13.2 Å². The standard InChI is InChI=1S/C12H13F3N2O4/c1-2-8(11(19)20)17-9-4-3-6(21-12(13,14)15)5-7(9)10(16)18/h3-5,8,17H,2H2,1H3,(H2,16,18)(H,19,20). The van der Waals surface area contributed by atoms with Gasteiger partial charge in [0.25, 0.3) is 5.91 Å². The second kappa shape index (κ2) is 6.33. The van der Waals surface area contributed by atoms with Crippen LogP contribution < -0.4 is 15.8 Å². The number of halogens is 3. The van der Waals surface area contributed by atoms with Gasteiger partial charge in [0, 0.05) is 5.69 Å². The van der Waals surface area contributed by atoms with Gasteiger partial charge in [-0.05, 0) is 24.6 Å². The van der Waals surface area contributed by atoms with Crippen LogP contribution in [-0.4, -0.2) is 29.4 Å². The van der Waals surface area contributed by atoms with Crippen molar-refractivity contribution in [3.05, 3.63) is 23.8 Å². The van der Waals surface area contributed by atoms with Crippen LogP contribution in [0.15, 0.2) is 18.2 Å². The van der Waals surface area contributed by atoms with E-state index in [4.69, 9.17) is 10.8 Å². The first-order valence-corrected chi connectivity index (χ1v) is 5.83. The molecule has 1 rings (SSSR count). The van der Waals surface area contributed by atoms with Gasteiger partial charge in [-0.25, -0.2) is 4.79 Å². The molecule has 0 saturated carbocycles. The van der Waals surface area contributed by atoms with E-state index in [0.29, 0.717) is 0 Å². The van der Waals surface area contributed by atoms with E-state index in [0.717, 1.165) is 18.2 Å². The Morgan fingerprint density at radius 1 is 1.43 bits per heavy atom. The number of carbonyl (C=O) groups excluding carboxylic acids is 1. The van der Waals surface area contributed by atoms with Gasteiger partial charge < -0.3 is 20.9 Å². The number of carboxylic acids is 1. The van der Waals surface area contributed by atoms with Gasteiger partial charge in [0.15, 0.2) is 0 Å². The van der Waals surface area contributed by atoms with E-state index in [-0.39, 0.29) is 17.7 Å². The van der Waals surface area contributed by atoms with E-state index in [1.807, 2.05) is 0 Å². The van der Waals surface area contributed by atoms with E-state index in [9.17, 15) is 22.8 Å². The van der Waals surface area contributed by atoms with Gasteiger partial charge in [0.2, 0.25) is 0 Å². The summed E-state index contributed by atoms with van der Waals surface area (Å²) in [6.45, 7) is 1.59. The number of amides is 1. The maximum Gasteiger partial charge on any atom is 0.573 e. The Labute approximate surface area is 117 Å². The molecule has 0 aliphatic carbocycles. The zero-order chi connectivity index (χ0) is 16.2. The minimum Gasteiger partial charge on any atom is -0.480 e. The monoisotopic (exact) mass is 306 g/mol. The van der Waals surface area contributed by atoms with E-state index in [1.54, 1.807) is 6.92 Å². The fourth-order valence-corrected chi connectivity index (χ4v) is 1.58. The quantitative estimate of drug-likeness (QED) is 0.745. The molecular weight excluding hydrogens is 293 g/mol. The third-order valence-corrected chi connectivity index (χ3v) is 2.53. The van der Waals surface area contributed by atoms with Crippen molar-refractivity contribution < 1.29 is 32.6 Å². The number of carboxylic acid groups (broad SMARTS) is 1. The van der Waals surface area contributed by atoms with Crippen LogP contribution in [0.25, 0.3) is 0 Å². The molecule has 0 heterocycles. The maximum absolute atomic E-state index is 12.1. The molecule has 1 unspecified atom stereocenters. The average Bonchev–Trinajstić information content (AvgIpc) is 2.34. The molecule has 0 bridgehead atoms. The smallest absolute Gasteiger partial charge is 0.480 e.